The van der Waals surface area contributed by atoms with Crippen LogP contribution in [0.2, 0.25) is 0 Å². The van der Waals surface area contributed by atoms with E-state index in [1.807, 2.05) is 13.8 Å². The molecule has 0 aliphatic carbocycles. The van der Waals surface area contributed by atoms with E-state index in [1.165, 1.54) is 0 Å². The lowest BCUT2D eigenvalue weighted by molar-refractivity contribution is -0.126. The van der Waals surface area contributed by atoms with E-state index in [2.05, 4.69) is 5.32 Å². The van der Waals surface area contributed by atoms with Crippen molar-refractivity contribution in [3.05, 3.63) is 0 Å². The number of rotatable bonds is 4. The molecule has 70 valence electrons. The van der Waals surface area contributed by atoms with Crippen molar-refractivity contribution in [2.75, 3.05) is 0 Å². The maximum atomic E-state index is 11.0. The molecule has 12 heavy (non-hydrogen) atoms. The summed E-state index contributed by atoms with van der Waals surface area (Å²) in [7, 11) is 0. The quantitative estimate of drug-likeness (QED) is 0.493. The van der Waals surface area contributed by atoms with Crippen LogP contribution >= 0.6 is 0 Å². The average molecular weight is 173 g/mol. The molecule has 5 nitrogen and oxygen atoms in total. The summed E-state index contributed by atoms with van der Waals surface area (Å²) in [5, 5.41) is 2.58. The SMILES string of the molecule is CC(C)NC(=O)[C@@H](N)CC(N)=O. The van der Waals surface area contributed by atoms with Gasteiger partial charge in [-0.05, 0) is 13.8 Å². The van der Waals surface area contributed by atoms with E-state index in [-0.39, 0.29) is 18.4 Å². The number of nitrogens with one attached hydrogen (secondary N) is 1. The van der Waals surface area contributed by atoms with Gasteiger partial charge in [0.1, 0.15) is 0 Å². The molecule has 0 heterocycles. The van der Waals surface area contributed by atoms with Crippen LogP contribution in [-0.2, 0) is 9.59 Å². The molecule has 1 atom stereocenters. The molecule has 0 saturated heterocycles. The second kappa shape index (κ2) is 4.71. The minimum Gasteiger partial charge on any atom is -0.370 e. The highest BCUT2D eigenvalue weighted by molar-refractivity contribution is 5.87. The van der Waals surface area contributed by atoms with Gasteiger partial charge in [0.2, 0.25) is 11.8 Å². The Bertz CT molecular complexity index is 179. The fourth-order valence-corrected chi connectivity index (χ4v) is 0.701. The van der Waals surface area contributed by atoms with Crippen LogP contribution in [0.3, 0.4) is 0 Å². The zero-order valence-electron chi connectivity index (χ0n) is 7.33. The lowest BCUT2D eigenvalue weighted by atomic mass is 10.2. The highest BCUT2D eigenvalue weighted by Gasteiger charge is 2.15. The van der Waals surface area contributed by atoms with Gasteiger partial charge in [0.05, 0.1) is 12.5 Å². The number of carbonyl (C=O) groups is 2. The first kappa shape index (κ1) is 10.9. The second-order valence-corrected chi connectivity index (χ2v) is 2.94. The molecule has 2 amide bonds. The predicted octanol–water partition coefficient (Wildman–Crippen LogP) is -1.29. The Morgan fingerprint density at radius 3 is 2.25 bits per heavy atom. The lowest BCUT2D eigenvalue weighted by Crippen LogP contribution is -2.45. The topological polar surface area (TPSA) is 98.2 Å². The molecule has 0 fully saturated rings. The van der Waals surface area contributed by atoms with Crippen LogP contribution in [0.25, 0.3) is 0 Å². The number of hydrogen-bond acceptors (Lipinski definition) is 3. The molecule has 0 aliphatic rings. The van der Waals surface area contributed by atoms with E-state index < -0.39 is 11.9 Å². The molecule has 0 bridgehead atoms. The Labute approximate surface area is 71.5 Å². The monoisotopic (exact) mass is 173 g/mol. The summed E-state index contributed by atoms with van der Waals surface area (Å²) in [6.45, 7) is 3.63. The largest absolute Gasteiger partial charge is 0.370 e. The molecule has 0 rings (SSSR count). The minimum atomic E-state index is -0.829. The zero-order valence-corrected chi connectivity index (χ0v) is 7.33. The van der Waals surface area contributed by atoms with Gasteiger partial charge in [-0.15, -0.1) is 0 Å². The highest BCUT2D eigenvalue weighted by atomic mass is 16.2. The number of primary amides is 1. The fraction of sp³-hybridized carbons (Fsp3) is 0.714. The molecule has 0 aromatic carbocycles. The van der Waals surface area contributed by atoms with E-state index >= 15 is 0 Å². The van der Waals surface area contributed by atoms with E-state index in [0.29, 0.717) is 0 Å². The van der Waals surface area contributed by atoms with Gasteiger partial charge in [-0.3, -0.25) is 9.59 Å². The molecule has 5 N–H and O–H groups in total. The maximum Gasteiger partial charge on any atom is 0.237 e. The lowest BCUT2D eigenvalue weighted by Gasteiger charge is -2.12. The van der Waals surface area contributed by atoms with E-state index in [9.17, 15) is 9.59 Å². The van der Waals surface area contributed by atoms with Crippen LogP contribution in [0.15, 0.2) is 0 Å². The highest BCUT2D eigenvalue weighted by Crippen LogP contribution is 1.88. The predicted molar refractivity (Wildman–Crippen MR) is 45.1 cm³/mol. The molecular weight excluding hydrogens is 158 g/mol. The van der Waals surface area contributed by atoms with Crippen molar-refractivity contribution in [3.8, 4) is 0 Å². The van der Waals surface area contributed by atoms with Gasteiger partial charge in [0.15, 0.2) is 0 Å². The molecule has 5 heteroatoms. The van der Waals surface area contributed by atoms with Crippen molar-refractivity contribution in [3.63, 3.8) is 0 Å². The van der Waals surface area contributed by atoms with Crippen LogP contribution in [0.4, 0.5) is 0 Å². The van der Waals surface area contributed by atoms with Gasteiger partial charge < -0.3 is 16.8 Å². The van der Waals surface area contributed by atoms with Crippen molar-refractivity contribution in [2.24, 2.45) is 11.5 Å². The van der Waals surface area contributed by atoms with Gasteiger partial charge in [-0.25, -0.2) is 0 Å². The van der Waals surface area contributed by atoms with Crippen LogP contribution in [0.1, 0.15) is 20.3 Å². The van der Waals surface area contributed by atoms with Gasteiger partial charge >= 0.3 is 0 Å². The number of amides is 2. The van der Waals surface area contributed by atoms with Gasteiger partial charge in [0.25, 0.3) is 0 Å². The van der Waals surface area contributed by atoms with E-state index in [1.54, 1.807) is 0 Å². The standard InChI is InChI=1S/C7H15N3O2/c1-4(2)10-7(12)5(8)3-6(9)11/h4-5H,3,8H2,1-2H3,(H2,9,11)(H,10,12)/t5-/m0/s1. The maximum absolute atomic E-state index is 11.0. The summed E-state index contributed by atoms with van der Waals surface area (Å²) in [5.74, 6) is -0.912. The third-order valence-corrected chi connectivity index (χ3v) is 1.19. The molecule has 0 aliphatic heterocycles. The molecular formula is C7H15N3O2. The molecule has 0 radical (unpaired) electrons. The number of nitrogens with two attached hydrogens (primary N) is 2. The van der Waals surface area contributed by atoms with Crippen LogP contribution in [0.5, 0.6) is 0 Å². The Balaban J connectivity index is 3.85. The number of hydrogen-bond donors (Lipinski definition) is 3. The van der Waals surface area contributed by atoms with Crippen molar-refractivity contribution in [2.45, 2.75) is 32.4 Å². The van der Waals surface area contributed by atoms with Crippen molar-refractivity contribution in [1.82, 2.24) is 5.32 Å². The average Bonchev–Trinajstić information content (AvgIpc) is 1.84. The van der Waals surface area contributed by atoms with Gasteiger partial charge in [0, 0.05) is 6.04 Å². The third kappa shape index (κ3) is 4.68. The summed E-state index contributed by atoms with van der Waals surface area (Å²) >= 11 is 0. The fourth-order valence-electron chi connectivity index (χ4n) is 0.701. The molecule has 0 unspecified atom stereocenters. The van der Waals surface area contributed by atoms with Gasteiger partial charge in [-0.2, -0.15) is 0 Å². The summed E-state index contributed by atoms with van der Waals surface area (Å²) < 4.78 is 0. The molecule has 0 spiro atoms. The Morgan fingerprint density at radius 1 is 1.42 bits per heavy atom. The zero-order chi connectivity index (χ0) is 9.72. The first-order chi connectivity index (χ1) is 5.43. The smallest absolute Gasteiger partial charge is 0.237 e. The van der Waals surface area contributed by atoms with Crippen molar-refractivity contribution >= 4 is 11.8 Å². The first-order valence-corrected chi connectivity index (χ1v) is 3.77. The number of carbonyl (C=O) groups excluding carboxylic acids is 2. The van der Waals surface area contributed by atoms with E-state index in [0.717, 1.165) is 0 Å². The van der Waals surface area contributed by atoms with Crippen LogP contribution in [-0.4, -0.2) is 23.9 Å². The van der Waals surface area contributed by atoms with Crippen LogP contribution in [0, 0.1) is 0 Å². The second-order valence-electron chi connectivity index (χ2n) is 2.94. The van der Waals surface area contributed by atoms with Crippen molar-refractivity contribution in [1.29, 1.82) is 0 Å². The van der Waals surface area contributed by atoms with Crippen LogP contribution < -0.4 is 16.8 Å². The molecule has 0 saturated carbocycles. The normalized spacial score (nSPS) is 12.7. The summed E-state index contributed by atoms with van der Waals surface area (Å²) in [5.41, 5.74) is 10.2. The summed E-state index contributed by atoms with van der Waals surface area (Å²) in [6.07, 6.45) is -0.113. The minimum absolute atomic E-state index is 0.0245. The molecule has 0 aromatic rings. The molecule has 0 aromatic heterocycles. The third-order valence-electron chi connectivity index (χ3n) is 1.19. The summed E-state index contributed by atoms with van der Waals surface area (Å²) in [6, 6.07) is -0.804. The Hall–Kier alpha value is -1.10. The Kier molecular flexibility index (Phi) is 4.28. The summed E-state index contributed by atoms with van der Waals surface area (Å²) in [4.78, 5) is 21.4. The van der Waals surface area contributed by atoms with E-state index in [4.69, 9.17) is 11.5 Å². The first-order valence-electron chi connectivity index (χ1n) is 3.77. The van der Waals surface area contributed by atoms with Crippen molar-refractivity contribution < 1.29 is 9.59 Å². The Morgan fingerprint density at radius 2 is 1.92 bits per heavy atom. The van der Waals surface area contributed by atoms with Gasteiger partial charge in [-0.1, -0.05) is 0 Å².